The van der Waals surface area contributed by atoms with Crippen LogP contribution in [0.4, 0.5) is 0 Å². The van der Waals surface area contributed by atoms with Crippen LogP contribution in [0.25, 0.3) is 0 Å². The fourth-order valence-corrected chi connectivity index (χ4v) is 2.80. The summed E-state index contributed by atoms with van der Waals surface area (Å²) in [5.41, 5.74) is 2.83. The van der Waals surface area contributed by atoms with Crippen LogP contribution in [-0.4, -0.2) is 22.1 Å². The minimum absolute atomic E-state index is 0.294. The third kappa shape index (κ3) is 2.17. The number of carboxylic acids is 1. The molecule has 15 heavy (non-hydrogen) atoms. The van der Waals surface area contributed by atoms with Crippen molar-refractivity contribution in [3.05, 3.63) is 35.4 Å². The lowest BCUT2D eigenvalue weighted by Gasteiger charge is -2.30. The van der Waals surface area contributed by atoms with E-state index < -0.39 is 5.97 Å². The minimum Gasteiger partial charge on any atom is -0.480 e. The monoisotopic (exact) mass is 222 g/mol. The van der Waals surface area contributed by atoms with Crippen molar-refractivity contribution in [1.29, 1.82) is 0 Å². The summed E-state index contributed by atoms with van der Waals surface area (Å²) < 4.78 is 0. The second-order valence-electron chi connectivity index (χ2n) is 3.91. The zero-order valence-electron chi connectivity index (χ0n) is 8.64. The Kier molecular flexibility index (Phi) is 3.00. The van der Waals surface area contributed by atoms with E-state index in [2.05, 4.69) is 24.3 Å². The molecule has 0 spiro atoms. The van der Waals surface area contributed by atoms with Crippen molar-refractivity contribution in [2.45, 2.75) is 24.5 Å². The fourth-order valence-electron chi connectivity index (χ4n) is 1.84. The zero-order chi connectivity index (χ0) is 10.8. The van der Waals surface area contributed by atoms with Gasteiger partial charge in [0, 0.05) is 5.75 Å². The molecule has 0 saturated heterocycles. The first-order valence-corrected chi connectivity index (χ1v) is 6.15. The van der Waals surface area contributed by atoms with Crippen LogP contribution in [0, 0.1) is 0 Å². The molecule has 1 N–H and O–H groups in total. The number of aliphatic carboxylic acids is 1. The van der Waals surface area contributed by atoms with Crippen molar-refractivity contribution in [2.24, 2.45) is 0 Å². The molecule has 0 fully saturated rings. The average Bonchev–Trinajstić information content (AvgIpc) is 2.19. The van der Waals surface area contributed by atoms with Gasteiger partial charge in [-0.1, -0.05) is 24.3 Å². The smallest absolute Gasteiger partial charge is 0.316 e. The molecule has 1 aliphatic carbocycles. The Morgan fingerprint density at radius 2 is 2.33 bits per heavy atom. The molecule has 2 unspecified atom stereocenters. The molecule has 0 radical (unpaired) electrons. The standard InChI is InChI=1S/C12H14O2S/c1-8(12(13)14)15-7-10-6-9-4-2-3-5-11(9)10/h2-5,8,10H,6-7H2,1H3,(H,13,14). The number of rotatable bonds is 4. The van der Waals surface area contributed by atoms with E-state index in [1.165, 1.54) is 22.9 Å². The maximum Gasteiger partial charge on any atom is 0.316 e. The predicted octanol–water partition coefficient (Wildman–Crippen LogP) is 2.53. The van der Waals surface area contributed by atoms with Crippen LogP contribution >= 0.6 is 11.8 Å². The molecule has 2 atom stereocenters. The van der Waals surface area contributed by atoms with Crippen LogP contribution in [0.15, 0.2) is 24.3 Å². The van der Waals surface area contributed by atoms with Crippen LogP contribution in [0.2, 0.25) is 0 Å². The number of carboxylic acid groups (broad SMARTS) is 1. The number of carbonyl (C=O) groups is 1. The molecule has 3 heteroatoms. The van der Waals surface area contributed by atoms with Crippen LogP contribution < -0.4 is 0 Å². The number of benzene rings is 1. The second kappa shape index (κ2) is 4.27. The van der Waals surface area contributed by atoms with Gasteiger partial charge in [-0.15, -0.1) is 11.8 Å². The van der Waals surface area contributed by atoms with Gasteiger partial charge >= 0.3 is 5.97 Å². The predicted molar refractivity (Wildman–Crippen MR) is 62.4 cm³/mol. The number of hydrogen-bond donors (Lipinski definition) is 1. The highest BCUT2D eigenvalue weighted by Crippen LogP contribution is 2.37. The third-order valence-corrected chi connectivity index (χ3v) is 4.15. The number of thioether (sulfide) groups is 1. The Bertz CT molecular complexity index is 376. The fraction of sp³-hybridized carbons (Fsp3) is 0.417. The van der Waals surface area contributed by atoms with E-state index in [-0.39, 0.29) is 5.25 Å². The lowest BCUT2D eigenvalue weighted by atomic mass is 9.79. The van der Waals surface area contributed by atoms with E-state index >= 15 is 0 Å². The van der Waals surface area contributed by atoms with Crippen molar-refractivity contribution in [1.82, 2.24) is 0 Å². The maximum absolute atomic E-state index is 10.6. The SMILES string of the molecule is CC(SCC1Cc2ccccc21)C(=O)O. The van der Waals surface area contributed by atoms with E-state index in [9.17, 15) is 4.79 Å². The summed E-state index contributed by atoms with van der Waals surface area (Å²) in [6, 6.07) is 8.41. The van der Waals surface area contributed by atoms with E-state index in [1.807, 2.05) is 0 Å². The molecule has 80 valence electrons. The molecule has 0 heterocycles. The molecule has 0 saturated carbocycles. The average molecular weight is 222 g/mol. The molecule has 0 bridgehead atoms. The van der Waals surface area contributed by atoms with Crippen LogP contribution in [-0.2, 0) is 11.2 Å². The van der Waals surface area contributed by atoms with Crippen LogP contribution in [0.1, 0.15) is 24.0 Å². The van der Waals surface area contributed by atoms with Crippen molar-refractivity contribution < 1.29 is 9.90 Å². The normalized spacial score (nSPS) is 20.2. The summed E-state index contributed by atoms with van der Waals surface area (Å²) in [6.07, 6.45) is 1.11. The highest BCUT2D eigenvalue weighted by atomic mass is 32.2. The Hall–Kier alpha value is -0.960. The van der Waals surface area contributed by atoms with Gasteiger partial charge in [-0.2, -0.15) is 0 Å². The summed E-state index contributed by atoms with van der Waals surface area (Å²) >= 11 is 1.53. The second-order valence-corrected chi connectivity index (χ2v) is 5.29. The first-order chi connectivity index (χ1) is 7.18. The summed E-state index contributed by atoms with van der Waals surface area (Å²) in [6.45, 7) is 1.75. The lowest BCUT2D eigenvalue weighted by molar-refractivity contribution is -0.136. The van der Waals surface area contributed by atoms with Crippen molar-refractivity contribution >= 4 is 17.7 Å². The topological polar surface area (TPSA) is 37.3 Å². The van der Waals surface area contributed by atoms with Gasteiger partial charge in [0.25, 0.3) is 0 Å². The van der Waals surface area contributed by atoms with E-state index in [0.717, 1.165) is 12.2 Å². The molecule has 0 aliphatic heterocycles. The van der Waals surface area contributed by atoms with Crippen molar-refractivity contribution in [3.8, 4) is 0 Å². The van der Waals surface area contributed by atoms with Crippen LogP contribution in [0.3, 0.4) is 0 Å². The van der Waals surface area contributed by atoms with Gasteiger partial charge in [-0.05, 0) is 30.4 Å². The largest absolute Gasteiger partial charge is 0.480 e. The van der Waals surface area contributed by atoms with Gasteiger partial charge < -0.3 is 5.11 Å². The van der Waals surface area contributed by atoms with Gasteiger partial charge in [-0.3, -0.25) is 4.79 Å². The number of hydrogen-bond acceptors (Lipinski definition) is 2. The van der Waals surface area contributed by atoms with Crippen molar-refractivity contribution in [2.75, 3.05) is 5.75 Å². The molecule has 2 rings (SSSR count). The third-order valence-electron chi connectivity index (χ3n) is 2.86. The van der Waals surface area contributed by atoms with Gasteiger partial charge in [0.05, 0.1) is 5.25 Å². The Morgan fingerprint density at radius 3 is 3.00 bits per heavy atom. The van der Waals surface area contributed by atoms with Gasteiger partial charge in [0.2, 0.25) is 0 Å². The van der Waals surface area contributed by atoms with E-state index in [1.54, 1.807) is 6.92 Å². The summed E-state index contributed by atoms with van der Waals surface area (Å²) in [5, 5.41) is 8.47. The minimum atomic E-state index is -0.715. The quantitative estimate of drug-likeness (QED) is 0.850. The molecule has 0 amide bonds. The lowest BCUT2D eigenvalue weighted by Crippen LogP contribution is -2.21. The molecule has 1 aromatic rings. The van der Waals surface area contributed by atoms with Gasteiger partial charge in [0.15, 0.2) is 0 Å². The Labute approximate surface area is 93.7 Å². The van der Waals surface area contributed by atoms with Crippen LogP contribution in [0.5, 0.6) is 0 Å². The Morgan fingerprint density at radius 1 is 1.60 bits per heavy atom. The maximum atomic E-state index is 10.6. The molecule has 1 aliphatic rings. The van der Waals surface area contributed by atoms with E-state index in [0.29, 0.717) is 5.92 Å². The first kappa shape index (κ1) is 10.6. The molecule has 2 nitrogen and oxygen atoms in total. The first-order valence-electron chi connectivity index (χ1n) is 5.10. The summed E-state index contributed by atoms with van der Waals surface area (Å²) in [5.74, 6) is 0.769. The molecule has 1 aromatic carbocycles. The Balaban J connectivity index is 1.87. The summed E-state index contributed by atoms with van der Waals surface area (Å²) in [7, 11) is 0. The van der Waals surface area contributed by atoms with E-state index in [4.69, 9.17) is 5.11 Å². The zero-order valence-corrected chi connectivity index (χ0v) is 9.46. The van der Waals surface area contributed by atoms with Crippen molar-refractivity contribution in [3.63, 3.8) is 0 Å². The highest BCUT2D eigenvalue weighted by molar-refractivity contribution is 8.00. The van der Waals surface area contributed by atoms with Gasteiger partial charge in [-0.25, -0.2) is 0 Å². The molecular formula is C12H14O2S. The highest BCUT2D eigenvalue weighted by Gasteiger charge is 2.26. The molecule has 0 aromatic heterocycles. The number of fused-ring (bicyclic) bond motifs is 1. The van der Waals surface area contributed by atoms with Gasteiger partial charge in [0.1, 0.15) is 0 Å². The molecular weight excluding hydrogens is 208 g/mol. The summed E-state index contributed by atoms with van der Waals surface area (Å²) in [4.78, 5) is 10.6.